The second-order valence-corrected chi connectivity index (χ2v) is 12.5. The maximum Gasteiger partial charge on any atom is 0.323 e. The predicted molar refractivity (Wildman–Crippen MR) is 153 cm³/mol. The van der Waals surface area contributed by atoms with E-state index in [0.717, 1.165) is 23.9 Å². The molecule has 4 rings (SSSR count). The van der Waals surface area contributed by atoms with E-state index in [9.17, 15) is 9.59 Å². The number of hydrogen-bond donors (Lipinski definition) is 0. The summed E-state index contributed by atoms with van der Waals surface area (Å²) < 4.78 is 10.4. The maximum absolute atomic E-state index is 12.7. The van der Waals surface area contributed by atoms with Gasteiger partial charge in [0.05, 0.1) is 18.9 Å². The van der Waals surface area contributed by atoms with Crippen LogP contribution in [0.1, 0.15) is 78.4 Å². The van der Waals surface area contributed by atoms with Gasteiger partial charge in [-0.2, -0.15) is 0 Å². The number of aromatic nitrogens is 1. The van der Waals surface area contributed by atoms with Crippen LogP contribution in [0.4, 0.5) is 5.13 Å². The third-order valence-corrected chi connectivity index (χ3v) is 9.05. The zero-order valence-electron chi connectivity index (χ0n) is 23.8. The number of piperazine rings is 1. The van der Waals surface area contributed by atoms with Crippen LogP contribution in [0.5, 0.6) is 0 Å². The normalized spacial score (nSPS) is 19.5. The standard InChI is InChI=1S/C30H43N3O4S/c1-7-36-26(34)12-11-25(27(35)37-8-2)32-15-17-33(18-16-32)28-31-24(20-38-28)21-9-10-22-23(19-21)30(5,6)14-13-29(22,3)4/h9-10,19-20,25H,7-8,11-18H2,1-6H3. The summed E-state index contributed by atoms with van der Waals surface area (Å²) in [4.78, 5) is 34.0. The van der Waals surface area contributed by atoms with E-state index in [1.165, 1.54) is 29.5 Å². The Morgan fingerprint density at radius 1 is 0.974 bits per heavy atom. The Bertz CT molecular complexity index is 1130. The molecule has 2 heterocycles. The zero-order valence-corrected chi connectivity index (χ0v) is 24.7. The molecule has 1 unspecified atom stereocenters. The number of rotatable bonds is 9. The SMILES string of the molecule is CCOC(=O)CCC(C(=O)OCC)N1CCN(c2nc(-c3ccc4c(c3)C(C)(C)CCC4(C)C)cs2)CC1. The van der Waals surface area contributed by atoms with Crippen molar-refractivity contribution in [2.75, 3.05) is 44.3 Å². The van der Waals surface area contributed by atoms with Gasteiger partial charge in [0.25, 0.3) is 0 Å². The number of ether oxygens (including phenoxy) is 2. The molecule has 8 heteroatoms. The number of nitrogens with zero attached hydrogens (tertiary/aromatic N) is 3. The first-order valence-corrected chi connectivity index (χ1v) is 14.9. The Morgan fingerprint density at radius 2 is 1.63 bits per heavy atom. The summed E-state index contributed by atoms with van der Waals surface area (Å²) in [6, 6.07) is 6.47. The van der Waals surface area contributed by atoms with Crippen molar-refractivity contribution in [2.45, 2.75) is 84.1 Å². The van der Waals surface area contributed by atoms with E-state index >= 15 is 0 Å². The molecule has 7 nitrogen and oxygen atoms in total. The molecule has 2 aromatic rings. The third kappa shape index (κ3) is 6.23. The van der Waals surface area contributed by atoms with E-state index in [-0.39, 0.29) is 29.2 Å². The van der Waals surface area contributed by atoms with Gasteiger partial charge >= 0.3 is 11.9 Å². The van der Waals surface area contributed by atoms with E-state index in [0.29, 0.717) is 32.7 Å². The van der Waals surface area contributed by atoms with Crippen LogP contribution in [0.3, 0.4) is 0 Å². The van der Waals surface area contributed by atoms with E-state index in [1.807, 2.05) is 6.92 Å². The molecule has 1 atom stereocenters. The summed E-state index contributed by atoms with van der Waals surface area (Å²) in [6.07, 6.45) is 3.02. The molecule has 0 radical (unpaired) electrons. The van der Waals surface area contributed by atoms with Crippen LogP contribution in [0.25, 0.3) is 11.3 Å². The van der Waals surface area contributed by atoms with Gasteiger partial charge < -0.3 is 14.4 Å². The summed E-state index contributed by atoms with van der Waals surface area (Å²) in [5.74, 6) is -0.537. The van der Waals surface area contributed by atoms with E-state index < -0.39 is 6.04 Å². The quantitative estimate of drug-likeness (QED) is 0.385. The van der Waals surface area contributed by atoms with Gasteiger partial charge in [-0.25, -0.2) is 4.98 Å². The molecule has 0 saturated carbocycles. The molecular weight excluding hydrogens is 498 g/mol. The Hall–Kier alpha value is -2.45. The number of carbonyl (C=O) groups is 2. The number of hydrogen-bond acceptors (Lipinski definition) is 8. The van der Waals surface area contributed by atoms with Crippen LogP contribution in [-0.4, -0.2) is 67.3 Å². The summed E-state index contributed by atoms with van der Waals surface area (Å²) in [5, 5.41) is 3.17. The number of fused-ring (bicyclic) bond motifs is 1. The summed E-state index contributed by atoms with van der Waals surface area (Å²) in [7, 11) is 0. The van der Waals surface area contributed by atoms with Crippen LogP contribution in [0.15, 0.2) is 23.6 Å². The molecule has 1 fully saturated rings. The lowest BCUT2D eigenvalue weighted by atomic mass is 9.63. The molecule has 2 aliphatic rings. The van der Waals surface area contributed by atoms with Gasteiger partial charge in [0, 0.05) is 43.5 Å². The van der Waals surface area contributed by atoms with Crippen molar-refractivity contribution in [3.8, 4) is 11.3 Å². The Balaban J connectivity index is 1.43. The minimum atomic E-state index is -0.434. The molecule has 1 aliphatic heterocycles. The van der Waals surface area contributed by atoms with Gasteiger partial charge in [-0.15, -0.1) is 11.3 Å². The summed E-state index contributed by atoms with van der Waals surface area (Å²) >= 11 is 1.68. The van der Waals surface area contributed by atoms with Gasteiger partial charge in [-0.05, 0) is 61.1 Å². The van der Waals surface area contributed by atoms with Crippen molar-refractivity contribution >= 4 is 28.4 Å². The van der Waals surface area contributed by atoms with Gasteiger partial charge in [-0.3, -0.25) is 14.5 Å². The monoisotopic (exact) mass is 541 g/mol. The van der Waals surface area contributed by atoms with Crippen molar-refractivity contribution in [1.29, 1.82) is 0 Å². The first-order chi connectivity index (χ1) is 18.1. The predicted octanol–water partition coefficient (Wildman–Crippen LogP) is 5.56. The highest BCUT2D eigenvalue weighted by Crippen LogP contribution is 2.47. The average molecular weight is 542 g/mol. The van der Waals surface area contributed by atoms with Crippen LogP contribution in [0, 0.1) is 0 Å². The molecule has 1 aromatic carbocycles. The Kier molecular flexibility index (Phi) is 8.82. The molecule has 1 saturated heterocycles. The molecule has 0 spiro atoms. The lowest BCUT2D eigenvalue weighted by molar-refractivity contribution is -0.151. The number of benzene rings is 1. The van der Waals surface area contributed by atoms with Crippen molar-refractivity contribution in [1.82, 2.24) is 9.88 Å². The van der Waals surface area contributed by atoms with Crippen LogP contribution in [-0.2, 0) is 29.9 Å². The molecule has 38 heavy (non-hydrogen) atoms. The number of thiazole rings is 1. The minimum Gasteiger partial charge on any atom is -0.466 e. The largest absolute Gasteiger partial charge is 0.466 e. The van der Waals surface area contributed by atoms with Gasteiger partial charge in [-0.1, -0.05) is 39.8 Å². The minimum absolute atomic E-state index is 0.165. The fraction of sp³-hybridized carbons (Fsp3) is 0.633. The fourth-order valence-electron chi connectivity index (χ4n) is 5.69. The molecule has 208 valence electrons. The lowest BCUT2D eigenvalue weighted by Gasteiger charge is -2.42. The highest BCUT2D eigenvalue weighted by molar-refractivity contribution is 7.14. The van der Waals surface area contributed by atoms with E-state index in [2.05, 4.69) is 61.1 Å². The fourth-order valence-corrected chi connectivity index (χ4v) is 6.58. The molecule has 1 aliphatic carbocycles. The summed E-state index contributed by atoms with van der Waals surface area (Å²) in [5.41, 5.74) is 5.47. The molecule has 1 aromatic heterocycles. The van der Waals surface area contributed by atoms with Crippen molar-refractivity contribution in [3.63, 3.8) is 0 Å². The van der Waals surface area contributed by atoms with E-state index in [4.69, 9.17) is 14.5 Å². The molecule has 0 N–H and O–H groups in total. The Labute approximate surface area is 231 Å². The van der Waals surface area contributed by atoms with Crippen LogP contribution < -0.4 is 4.90 Å². The topological polar surface area (TPSA) is 72.0 Å². The average Bonchev–Trinajstić information content (AvgIpc) is 3.38. The lowest BCUT2D eigenvalue weighted by Crippen LogP contribution is -2.53. The number of esters is 2. The van der Waals surface area contributed by atoms with E-state index in [1.54, 1.807) is 18.3 Å². The highest BCUT2D eigenvalue weighted by Gasteiger charge is 2.37. The van der Waals surface area contributed by atoms with Gasteiger partial charge in [0.2, 0.25) is 0 Å². The highest BCUT2D eigenvalue weighted by atomic mass is 32.1. The zero-order chi connectivity index (χ0) is 27.5. The first-order valence-electron chi connectivity index (χ1n) is 14.0. The molecule has 0 bridgehead atoms. The smallest absolute Gasteiger partial charge is 0.323 e. The Morgan fingerprint density at radius 3 is 2.29 bits per heavy atom. The first kappa shape index (κ1) is 28.6. The number of anilines is 1. The number of carbonyl (C=O) groups excluding carboxylic acids is 2. The maximum atomic E-state index is 12.7. The van der Waals surface area contributed by atoms with Crippen molar-refractivity contribution < 1.29 is 19.1 Å². The van der Waals surface area contributed by atoms with Crippen molar-refractivity contribution in [3.05, 3.63) is 34.7 Å². The summed E-state index contributed by atoms with van der Waals surface area (Å²) in [6.45, 7) is 16.6. The van der Waals surface area contributed by atoms with Gasteiger partial charge in [0.15, 0.2) is 5.13 Å². The van der Waals surface area contributed by atoms with Crippen LogP contribution in [0.2, 0.25) is 0 Å². The van der Waals surface area contributed by atoms with Crippen molar-refractivity contribution in [2.24, 2.45) is 0 Å². The molecule has 0 amide bonds. The molecular formula is C30H43N3O4S. The third-order valence-electron chi connectivity index (χ3n) is 8.15. The van der Waals surface area contributed by atoms with Gasteiger partial charge in [0.1, 0.15) is 6.04 Å². The second kappa shape index (κ2) is 11.7. The second-order valence-electron chi connectivity index (χ2n) is 11.7. The van der Waals surface area contributed by atoms with Crippen LogP contribution >= 0.6 is 11.3 Å².